The van der Waals surface area contributed by atoms with Gasteiger partial charge >= 0.3 is 5.97 Å². The van der Waals surface area contributed by atoms with Crippen molar-refractivity contribution in [1.82, 2.24) is 0 Å². The van der Waals surface area contributed by atoms with Crippen molar-refractivity contribution in [2.24, 2.45) is 0 Å². The van der Waals surface area contributed by atoms with Crippen molar-refractivity contribution >= 4 is 5.97 Å². The molecule has 76 valence electrons. The predicted octanol–water partition coefficient (Wildman–Crippen LogP) is 2.06. The zero-order valence-electron chi connectivity index (χ0n) is 8.36. The standard InChI is InChI=1S/C11H14O3/c1-8(7-11(13)14-2)9-3-5-10(12)6-4-9/h3-6,8,12H,7H2,1-2H3. The topological polar surface area (TPSA) is 46.5 Å². The van der Waals surface area contributed by atoms with Crippen LogP contribution in [0.3, 0.4) is 0 Å². The van der Waals surface area contributed by atoms with Gasteiger partial charge in [0, 0.05) is 0 Å². The molecular weight excluding hydrogens is 180 g/mol. The van der Waals surface area contributed by atoms with E-state index in [4.69, 9.17) is 5.11 Å². The summed E-state index contributed by atoms with van der Waals surface area (Å²) >= 11 is 0. The summed E-state index contributed by atoms with van der Waals surface area (Å²) in [5, 5.41) is 9.07. The predicted molar refractivity (Wildman–Crippen MR) is 53.2 cm³/mol. The van der Waals surface area contributed by atoms with E-state index in [1.54, 1.807) is 12.1 Å². The van der Waals surface area contributed by atoms with Crippen LogP contribution in [0.25, 0.3) is 0 Å². The molecule has 0 aliphatic rings. The monoisotopic (exact) mass is 194 g/mol. The number of hydrogen-bond donors (Lipinski definition) is 1. The molecule has 0 aliphatic heterocycles. The number of benzene rings is 1. The van der Waals surface area contributed by atoms with E-state index in [0.717, 1.165) is 5.56 Å². The van der Waals surface area contributed by atoms with Crippen molar-refractivity contribution in [3.05, 3.63) is 29.8 Å². The molecule has 1 aromatic carbocycles. The van der Waals surface area contributed by atoms with Crippen LogP contribution in [0.1, 0.15) is 24.8 Å². The largest absolute Gasteiger partial charge is 0.508 e. The normalized spacial score (nSPS) is 12.1. The van der Waals surface area contributed by atoms with E-state index >= 15 is 0 Å². The van der Waals surface area contributed by atoms with Gasteiger partial charge in [-0.05, 0) is 23.6 Å². The van der Waals surface area contributed by atoms with Crippen molar-refractivity contribution in [1.29, 1.82) is 0 Å². The average molecular weight is 194 g/mol. The quantitative estimate of drug-likeness (QED) is 0.749. The second-order valence-corrected chi connectivity index (χ2v) is 3.27. The fourth-order valence-electron chi connectivity index (χ4n) is 1.25. The number of phenolic OH excluding ortho intramolecular Hbond substituents is 1. The lowest BCUT2D eigenvalue weighted by molar-refractivity contribution is -0.140. The Morgan fingerprint density at radius 2 is 2.00 bits per heavy atom. The summed E-state index contributed by atoms with van der Waals surface area (Å²) < 4.78 is 4.58. The van der Waals surface area contributed by atoms with Crippen LogP contribution in [0.2, 0.25) is 0 Å². The van der Waals surface area contributed by atoms with E-state index in [9.17, 15) is 4.79 Å². The van der Waals surface area contributed by atoms with Crippen LogP contribution in [-0.4, -0.2) is 18.2 Å². The summed E-state index contributed by atoms with van der Waals surface area (Å²) in [5.41, 5.74) is 1.02. The number of rotatable bonds is 3. The van der Waals surface area contributed by atoms with Gasteiger partial charge in [-0.2, -0.15) is 0 Å². The van der Waals surface area contributed by atoms with Crippen LogP contribution in [-0.2, 0) is 9.53 Å². The highest BCUT2D eigenvalue weighted by atomic mass is 16.5. The Bertz CT molecular complexity index is 303. The Morgan fingerprint density at radius 1 is 1.43 bits per heavy atom. The molecule has 0 aromatic heterocycles. The van der Waals surface area contributed by atoms with E-state index in [0.29, 0.717) is 6.42 Å². The second-order valence-electron chi connectivity index (χ2n) is 3.27. The molecule has 1 N–H and O–H groups in total. The first-order chi connectivity index (χ1) is 6.63. The molecule has 0 saturated heterocycles. The van der Waals surface area contributed by atoms with Gasteiger partial charge in [0.15, 0.2) is 0 Å². The molecule has 0 radical (unpaired) electrons. The number of aromatic hydroxyl groups is 1. The molecule has 0 aliphatic carbocycles. The SMILES string of the molecule is COC(=O)CC(C)c1ccc(O)cc1. The second kappa shape index (κ2) is 4.65. The minimum absolute atomic E-state index is 0.114. The highest BCUT2D eigenvalue weighted by Crippen LogP contribution is 2.21. The molecule has 3 nitrogen and oxygen atoms in total. The van der Waals surface area contributed by atoms with Crippen molar-refractivity contribution in [2.75, 3.05) is 7.11 Å². The van der Waals surface area contributed by atoms with E-state index < -0.39 is 0 Å². The lowest BCUT2D eigenvalue weighted by atomic mass is 9.98. The summed E-state index contributed by atoms with van der Waals surface area (Å²) in [6.45, 7) is 1.95. The third-order valence-corrected chi connectivity index (χ3v) is 2.16. The molecule has 1 unspecified atom stereocenters. The maximum atomic E-state index is 11.0. The number of carbonyl (C=O) groups is 1. The number of esters is 1. The Kier molecular flexibility index (Phi) is 3.51. The molecular formula is C11H14O3. The van der Waals surface area contributed by atoms with E-state index in [2.05, 4.69) is 4.74 Å². The summed E-state index contributed by atoms with van der Waals surface area (Å²) in [6.07, 6.45) is 0.362. The van der Waals surface area contributed by atoms with Gasteiger partial charge in [0.05, 0.1) is 13.5 Å². The fraction of sp³-hybridized carbons (Fsp3) is 0.364. The fourth-order valence-corrected chi connectivity index (χ4v) is 1.25. The van der Waals surface area contributed by atoms with Crippen LogP contribution < -0.4 is 0 Å². The van der Waals surface area contributed by atoms with Gasteiger partial charge in [-0.25, -0.2) is 0 Å². The Morgan fingerprint density at radius 3 is 2.50 bits per heavy atom. The molecule has 0 bridgehead atoms. The summed E-state index contributed by atoms with van der Waals surface area (Å²) in [4.78, 5) is 11.0. The number of carbonyl (C=O) groups excluding carboxylic acids is 1. The molecule has 0 fully saturated rings. The lowest BCUT2D eigenvalue weighted by Gasteiger charge is -2.09. The van der Waals surface area contributed by atoms with Crippen molar-refractivity contribution < 1.29 is 14.6 Å². The Labute approximate surface area is 83.3 Å². The molecule has 1 aromatic rings. The summed E-state index contributed by atoms with van der Waals surface area (Å²) in [5.74, 6) is 0.132. The van der Waals surface area contributed by atoms with Crippen LogP contribution >= 0.6 is 0 Å². The van der Waals surface area contributed by atoms with Crippen LogP contribution in [0.5, 0.6) is 5.75 Å². The van der Waals surface area contributed by atoms with Gasteiger partial charge in [0.25, 0.3) is 0 Å². The summed E-state index contributed by atoms with van der Waals surface area (Å²) in [6, 6.07) is 6.85. The minimum Gasteiger partial charge on any atom is -0.508 e. The van der Waals surface area contributed by atoms with Gasteiger partial charge in [0.1, 0.15) is 5.75 Å². The molecule has 0 spiro atoms. The highest BCUT2D eigenvalue weighted by molar-refractivity contribution is 5.70. The highest BCUT2D eigenvalue weighted by Gasteiger charge is 2.10. The Balaban J connectivity index is 2.65. The zero-order valence-corrected chi connectivity index (χ0v) is 8.36. The number of hydrogen-bond acceptors (Lipinski definition) is 3. The van der Waals surface area contributed by atoms with Crippen LogP contribution in [0.15, 0.2) is 24.3 Å². The van der Waals surface area contributed by atoms with Crippen molar-refractivity contribution in [3.63, 3.8) is 0 Å². The Hall–Kier alpha value is -1.51. The molecule has 1 atom stereocenters. The van der Waals surface area contributed by atoms with Gasteiger partial charge in [-0.15, -0.1) is 0 Å². The minimum atomic E-state index is -0.217. The van der Waals surface area contributed by atoms with Crippen molar-refractivity contribution in [3.8, 4) is 5.75 Å². The lowest BCUT2D eigenvalue weighted by Crippen LogP contribution is -2.05. The zero-order chi connectivity index (χ0) is 10.6. The molecule has 1 rings (SSSR count). The summed E-state index contributed by atoms with van der Waals surface area (Å²) in [7, 11) is 1.38. The number of methoxy groups -OCH3 is 1. The average Bonchev–Trinajstić information content (AvgIpc) is 2.18. The van der Waals surface area contributed by atoms with Crippen LogP contribution in [0, 0.1) is 0 Å². The maximum Gasteiger partial charge on any atom is 0.306 e. The van der Waals surface area contributed by atoms with Gasteiger partial charge < -0.3 is 9.84 Å². The first kappa shape index (κ1) is 10.6. The molecule has 0 saturated carbocycles. The number of ether oxygens (including phenoxy) is 1. The molecule has 14 heavy (non-hydrogen) atoms. The van der Waals surface area contributed by atoms with Crippen molar-refractivity contribution in [2.45, 2.75) is 19.3 Å². The maximum absolute atomic E-state index is 11.0. The smallest absolute Gasteiger partial charge is 0.306 e. The van der Waals surface area contributed by atoms with Gasteiger partial charge in [-0.3, -0.25) is 4.79 Å². The first-order valence-electron chi connectivity index (χ1n) is 4.49. The number of phenols is 1. The first-order valence-corrected chi connectivity index (χ1v) is 4.49. The molecule has 3 heteroatoms. The van der Waals surface area contributed by atoms with E-state index in [1.165, 1.54) is 7.11 Å². The van der Waals surface area contributed by atoms with Gasteiger partial charge in [0.2, 0.25) is 0 Å². The van der Waals surface area contributed by atoms with E-state index in [-0.39, 0.29) is 17.6 Å². The van der Waals surface area contributed by atoms with E-state index in [1.807, 2.05) is 19.1 Å². The van der Waals surface area contributed by atoms with Gasteiger partial charge in [-0.1, -0.05) is 19.1 Å². The molecule has 0 amide bonds. The van der Waals surface area contributed by atoms with Crippen LogP contribution in [0.4, 0.5) is 0 Å². The third kappa shape index (κ3) is 2.76. The third-order valence-electron chi connectivity index (χ3n) is 2.16. The molecule has 0 heterocycles.